The van der Waals surface area contributed by atoms with Gasteiger partial charge in [-0.1, -0.05) is 91.1 Å². The predicted molar refractivity (Wildman–Crippen MR) is 238 cm³/mol. The maximum absolute atomic E-state index is 15.5. The zero-order chi connectivity index (χ0) is 42.7. The molecule has 1 aromatic heterocycles. The molecule has 5 aromatic carbocycles. The number of ether oxygens (including phenoxy) is 2. The van der Waals surface area contributed by atoms with E-state index in [0.717, 1.165) is 11.3 Å². The van der Waals surface area contributed by atoms with Gasteiger partial charge in [-0.3, -0.25) is 19.1 Å². The first-order chi connectivity index (χ1) is 29.5. The smallest absolute Gasteiger partial charge is 0.264 e. The third kappa shape index (κ3) is 8.11. The van der Waals surface area contributed by atoms with Crippen LogP contribution in [0.25, 0.3) is 0 Å². The number of amides is 3. The summed E-state index contributed by atoms with van der Waals surface area (Å²) in [7, 11) is -0.800. The van der Waals surface area contributed by atoms with Gasteiger partial charge < -0.3 is 30.1 Å². The number of methoxy groups -OCH3 is 1. The number of carbonyl (C=O) groups is 3. The van der Waals surface area contributed by atoms with Crippen molar-refractivity contribution in [2.24, 2.45) is 5.92 Å². The normalized spacial score (nSPS) is 19.5. The summed E-state index contributed by atoms with van der Waals surface area (Å²) in [5.41, 5.74) is 3.86. The Morgan fingerprint density at radius 2 is 1.48 bits per heavy atom. The topological polar surface area (TPSA) is 148 Å². The molecule has 3 amide bonds. The molecule has 1 fully saturated rings. The third-order valence-electron chi connectivity index (χ3n) is 12.3. The quantitative estimate of drug-likeness (QED) is 0.0979. The summed E-state index contributed by atoms with van der Waals surface area (Å²) >= 11 is 0. The molecule has 3 heterocycles. The summed E-state index contributed by atoms with van der Waals surface area (Å²) in [5, 5.41) is 25.3. The number of hydrogen-bond donors (Lipinski definition) is 3. The number of aliphatic hydroxyl groups excluding tert-OH is 1. The molecular formula is C48H50N6O6Si. The first-order valence-electron chi connectivity index (χ1n) is 20.6. The Kier molecular flexibility index (Phi) is 11.7. The Labute approximate surface area is 356 Å². The van der Waals surface area contributed by atoms with Crippen LogP contribution in [0.15, 0.2) is 134 Å². The van der Waals surface area contributed by atoms with Crippen LogP contribution in [0.2, 0.25) is 18.6 Å². The molecule has 0 aliphatic carbocycles. The van der Waals surface area contributed by atoms with Crippen molar-refractivity contribution in [2.75, 3.05) is 29.3 Å². The summed E-state index contributed by atoms with van der Waals surface area (Å²) in [4.78, 5) is 43.7. The highest BCUT2D eigenvalue weighted by Crippen LogP contribution is 2.60. The van der Waals surface area contributed by atoms with Gasteiger partial charge in [0.25, 0.3) is 17.7 Å². The minimum absolute atomic E-state index is 0.0189. The Morgan fingerprint density at radius 1 is 0.852 bits per heavy atom. The van der Waals surface area contributed by atoms with Gasteiger partial charge in [0.05, 0.1) is 39.2 Å². The first-order valence-corrected chi connectivity index (χ1v) is 23.7. The molecule has 3 N–H and O–H groups in total. The SMILES string of the molecule is COc1ccc([Si](C)(C)[C@H]2[C@H](CCn3cc(CCO)nn3)O[C@@]3(C(=O)N(Cc4ccc(NC(=O)c5ccccc5)cc4)c4ccc(NC(=O)c5ccccc5)cc43)[C@@H]2C)cc1. The third-order valence-corrected chi connectivity index (χ3v) is 16.7. The number of hydrogen-bond acceptors (Lipinski definition) is 8. The van der Waals surface area contributed by atoms with Crippen LogP contribution in [0.1, 0.15) is 50.9 Å². The molecular weight excluding hydrogens is 785 g/mol. The van der Waals surface area contributed by atoms with E-state index in [1.807, 2.05) is 97.2 Å². The van der Waals surface area contributed by atoms with Crippen molar-refractivity contribution in [3.63, 3.8) is 0 Å². The van der Waals surface area contributed by atoms with Gasteiger partial charge in [-0.15, -0.1) is 5.10 Å². The summed E-state index contributed by atoms with van der Waals surface area (Å²) in [5.74, 6) is -0.141. The van der Waals surface area contributed by atoms with Crippen LogP contribution in [0, 0.1) is 5.92 Å². The van der Waals surface area contributed by atoms with Gasteiger partial charge >= 0.3 is 0 Å². The fourth-order valence-electron chi connectivity index (χ4n) is 9.22. The van der Waals surface area contributed by atoms with E-state index in [0.29, 0.717) is 58.8 Å². The average Bonchev–Trinajstić information content (AvgIpc) is 3.93. The van der Waals surface area contributed by atoms with E-state index in [4.69, 9.17) is 9.47 Å². The zero-order valence-corrected chi connectivity index (χ0v) is 35.7. The molecule has 12 nitrogen and oxygen atoms in total. The summed E-state index contributed by atoms with van der Waals surface area (Å²) in [6, 6.07) is 39.5. The Balaban J connectivity index is 1.17. The maximum atomic E-state index is 15.5. The van der Waals surface area contributed by atoms with E-state index >= 15 is 4.79 Å². The van der Waals surface area contributed by atoms with Crippen LogP contribution >= 0.6 is 0 Å². The van der Waals surface area contributed by atoms with Gasteiger partial charge in [0, 0.05) is 59.8 Å². The fourth-order valence-corrected chi connectivity index (χ4v) is 13.3. The Hall–Kier alpha value is -6.41. The van der Waals surface area contributed by atoms with Gasteiger partial charge in [0.15, 0.2) is 5.60 Å². The lowest BCUT2D eigenvalue weighted by atomic mass is 9.82. The van der Waals surface area contributed by atoms with Crippen molar-refractivity contribution in [2.45, 2.75) is 63.2 Å². The second-order valence-corrected chi connectivity index (χ2v) is 21.0. The van der Waals surface area contributed by atoms with E-state index in [1.54, 1.807) is 41.0 Å². The number of nitrogens with one attached hydrogen (secondary N) is 2. The molecule has 0 bridgehead atoms. The molecule has 2 aliphatic heterocycles. The standard InChI is InChI=1S/C48H50N6O6Si/c1-32-44(61(3,4)40-22-20-39(59-2)21-23-40)43(25-27-53-31-38(26-28-55)51-52-53)60-48(32)41-29-37(50-46(57)35-13-9-6-10-14-35)19-24-42(41)54(47(48)58)30-33-15-17-36(18-16-33)49-45(56)34-11-7-5-8-12-34/h5-24,29,31-32,43-44,55H,25-28,30H2,1-4H3,(H,49,56)(H,50,57)/t32-,43+,44-,48+/m1/s1. The van der Waals surface area contributed by atoms with Crippen molar-refractivity contribution in [3.8, 4) is 5.75 Å². The van der Waals surface area contributed by atoms with Crippen LogP contribution in [0.3, 0.4) is 0 Å². The lowest BCUT2D eigenvalue weighted by Crippen LogP contribution is -2.51. The van der Waals surface area contributed by atoms with Crippen molar-refractivity contribution in [3.05, 3.63) is 162 Å². The molecule has 1 spiro atoms. The Bertz CT molecular complexity index is 2510. The van der Waals surface area contributed by atoms with Crippen LogP contribution in [-0.4, -0.2) is 65.7 Å². The number of carbonyl (C=O) groups excluding carboxylic acids is 3. The lowest BCUT2D eigenvalue weighted by molar-refractivity contribution is -0.146. The van der Waals surface area contributed by atoms with Crippen molar-refractivity contribution in [1.82, 2.24) is 15.0 Å². The van der Waals surface area contributed by atoms with Gasteiger partial charge in [0.1, 0.15) is 5.75 Å². The number of aromatic nitrogens is 3. The van der Waals surface area contributed by atoms with Gasteiger partial charge in [-0.25, -0.2) is 0 Å². The highest BCUT2D eigenvalue weighted by molar-refractivity contribution is 6.91. The zero-order valence-electron chi connectivity index (χ0n) is 34.7. The molecule has 312 valence electrons. The molecule has 6 aromatic rings. The van der Waals surface area contributed by atoms with Crippen LogP contribution < -0.4 is 25.5 Å². The van der Waals surface area contributed by atoms with Crippen molar-refractivity contribution < 1.29 is 29.0 Å². The highest BCUT2D eigenvalue weighted by atomic mass is 28.3. The van der Waals surface area contributed by atoms with Gasteiger partial charge in [-0.05, 0) is 84.3 Å². The van der Waals surface area contributed by atoms with E-state index in [9.17, 15) is 14.7 Å². The van der Waals surface area contributed by atoms with Crippen LogP contribution in [0.4, 0.5) is 17.1 Å². The Morgan fingerprint density at radius 3 is 2.10 bits per heavy atom. The van der Waals surface area contributed by atoms with Crippen LogP contribution in [0.5, 0.6) is 5.75 Å². The molecule has 8 rings (SSSR count). The van der Waals surface area contributed by atoms with E-state index in [-0.39, 0.29) is 48.4 Å². The van der Waals surface area contributed by atoms with Gasteiger partial charge in [-0.2, -0.15) is 0 Å². The van der Waals surface area contributed by atoms with Crippen molar-refractivity contribution in [1.29, 1.82) is 0 Å². The first kappa shape index (κ1) is 41.3. The number of rotatable bonds is 14. The molecule has 0 radical (unpaired) electrons. The van der Waals surface area contributed by atoms with E-state index in [2.05, 4.69) is 53.1 Å². The molecule has 2 aliphatic rings. The lowest BCUT2D eigenvalue weighted by Gasteiger charge is -2.37. The van der Waals surface area contributed by atoms with Gasteiger partial charge in [0.2, 0.25) is 0 Å². The second-order valence-electron chi connectivity index (χ2n) is 16.4. The number of fused-ring (bicyclic) bond motifs is 2. The molecule has 4 atom stereocenters. The van der Waals surface area contributed by atoms with Crippen LogP contribution in [-0.2, 0) is 34.6 Å². The monoisotopic (exact) mass is 834 g/mol. The van der Waals surface area contributed by atoms with Crippen molar-refractivity contribution >= 4 is 48.0 Å². The largest absolute Gasteiger partial charge is 0.497 e. The molecule has 0 saturated carbocycles. The average molecular weight is 835 g/mol. The fraction of sp³-hybridized carbons (Fsp3) is 0.271. The summed E-state index contributed by atoms with van der Waals surface area (Å²) in [6.07, 6.45) is 2.48. The summed E-state index contributed by atoms with van der Waals surface area (Å²) in [6.45, 7) is 7.56. The highest BCUT2D eigenvalue weighted by Gasteiger charge is 2.66. The number of benzene rings is 5. The minimum atomic E-state index is -2.46. The number of anilines is 3. The summed E-state index contributed by atoms with van der Waals surface area (Å²) < 4.78 is 14.7. The number of nitrogens with zero attached hydrogens (tertiary/aromatic N) is 4. The minimum Gasteiger partial charge on any atom is -0.497 e. The molecule has 13 heteroatoms. The molecule has 1 saturated heterocycles. The molecule has 61 heavy (non-hydrogen) atoms. The van der Waals surface area contributed by atoms with E-state index < -0.39 is 13.7 Å². The molecule has 0 unspecified atom stereocenters. The predicted octanol–water partition coefficient (Wildman–Crippen LogP) is 7.18. The van der Waals surface area contributed by atoms with E-state index in [1.165, 1.54) is 5.19 Å². The maximum Gasteiger partial charge on any atom is 0.264 e. The second kappa shape index (κ2) is 17.3. The number of aliphatic hydroxyl groups is 1. The number of aryl methyl sites for hydroxylation is 1.